The van der Waals surface area contributed by atoms with E-state index in [-0.39, 0.29) is 0 Å². The normalized spacial score (nSPS) is 15.8. The average Bonchev–Trinajstić information content (AvgIpc) is 3.03. The van der Waals surface area contributed by atoms with Crippen molar-refractivity contribution in [1.29, 1.82) is 0 Å². The van der Waals surface area contributed by atoms with Gasteiger partial charge in [0.25, 0.3) is 0 Å². The molecule has 0 unspecified atom stereocenters. The van der Waals surface area contributed by atoms with Crippen LogP contribution in [0.4, 0.5) is 11.6 Å². The molecule has 1 saturated heterocycles. The molecule has 2 aromatic rings. The first-order valence-corrected chi connectivity index (χ1v) is 9.35. The van der Waals surface area contributed by atoms with E-state index in [1.807, 2.05) is 25.2 Å². The van der Waals surface area contributed by atoms with E-state index in [4.69, 9.17) is 16.1 Å². The van der Waals surface area contributed by atoms with Crippen molar-refractivity contribution in [2.24, 2.45) is 0 Å². The first-order valence-electron chi connectivity index (χ1n) is 8.97. The van der Waals surface area contributed by atoms with E-state index in [2.05, 4.69) is 40.2 Å². The number of nitrogens with zero attached hydrogens (tertiary/aromatic N) is 3. The predicted octanol–water partition coefficient (Wildman–Crippen LogP) is 3.86. The summed E-state index contributed by atoms with van der Waals surface area (Å²) in [4.78, 5) is 4.91. The zero-order chi connectivity index (χ0) is 17.8. The summed E-state index contributed by atoms with van der Waals surface area (Å²) in [6, 6.07) is 8.11. The highest BCUT2D eigenvalue weighted by molar-refractivity contribution is 6.30. The fraction of sp³-hybridized carbons (Fsp3) is 0.526. The number of hydrogen-bond acceptors (Lipinski definition) is 5. The molecule has 25 heavy (non-hydrogen) atoms. The molecule has 0 amide bonds. The van der Waals surface area contributed by atoms with Crippen molar-refractivity contribution < 1.29 is 4.52 Å². The van der Waals surface area contributed by atoms with Crippen molar-refractivity contribution in [3.05, 3.63) is 40.5 Å². The van der Waals surface area contributed by atoms with Gasteiger partial charge >= 0.3 is 0 Å². The molecule has 0 atom stereocenters. The Labute approximate surface area is 154 Å². The minimum Gasteiger partial charge on any atom is -0.369 e. The largest absolute Gasteiger partial charge is 0.369 e. The van der Waals surface area contributed by atoms with Crippen LogP contribution in [0.1, 0.15) is 31.0 Å². The number of piperazine rings is 1. The summed E-state index contributed by atoms with van der Waals surface area (Å²) in [7, 11) is 1.89. The molecule has 1 aliphatic rings. The molecule has 136 valence electrons. The van der Waals surface area contributed by atoms with E-state index in [0.29, 0.717) is 5.92 Å². The third-order valence-corrected chi connectivity index (χ3v) is 5.05. The van der Waals surface area contributed by atoms with E-state index < -0.39 is 0 Å². The molecular formula is C19H27ClN4O. The molecule has 5 nitrogen and oxygen atoms in total. The quantitative estimate of drug-likeness (QED) is 0.845. The van der Waals surface area contributed by atoms with Crippen molar-refractivity contribution in [1.82, 2.24) is 10.1 Å². The fourth-order valence-electron chi connectivity index (χ4n) is 3.39. The number of aromatic nitrogens is 1. The Hall–Kier alpha value is -1.72. The second-order valence-corrected chi connectivity index (χ2v) is 7.28. The molecule has 0 spiro atoms. The molecule has 1 N–H and O–H groups in total. The monoisotopic (exact) mass is 362 g/mol. The smallest absolute Gasteiger partial charge is 0.227 e. The predicted molar refractivity (Wildman–Crippen MR) is 104 cm³/mol. The van der Waals surface area contributed by atoms with Gasteiger partial charge in [-0.2, -0.15) is 0 Å². The molecule has 0 saturated carbocycles. The molecule has 0 bridgehead atoms. The Kier molecular flexibility index (Phi) is 5.86. The SMILES string of the molecule is CNc1onc(C(C)C)c1CCN1CCN(c2cccc(Cl)c2)CC1. The van der Waals surface area contributed by atoms with Crippen LogP contribution >= 0.6 is 11.6 Å². The van der Waals surface area contributed by atoms with Crippen LogP contribution in [0.15, 0.2) is 28.8 Å². The molecule has 1 aromatic heterocycles. The number of nitrogens with one attached hydrogen (secondary N) is 1. The summed E-state index contributed by atoms with van der Waals surface area (Å²) >= 11 is 6.11. The Morgan fingerprint density at radius 2 is 2.00 bits per heavy atom. The lowest BCUT2D eigenvalue weighted by Crippen LogP contribution is -2.47. The van der Waals surface area contributed by atoms with Crippen LogP contribution in [-0.4, -0.2) is 49.8 Å². The molecule has 1 aliphatic heterocycles. The number of benzene rings is 1. The molecule has 6 heteroatoms. The standard InChI is InChI=1S/C19H27ClN4O/c1-14(2)18-17(19(21-3)25-22-18)7-8-23-9-11-24(12-10-23)16-6-4-5-15(20)13-16/h4-6,13-14,21H,7-12H2,1-3H3. The summed E-state index contributed by atoms with van der Waals surface area (Å²) in [5, 5.41) is 8.16. The third-order valence-electron chi connectivity index (χ3n) is 4.82. The van der Waals surface area contributed by atoms with Crippen molar-refractivity contribution in [2.45, 2.75) is 26.2 Å². The van der Waals surface area contributed by atoms with Crippen LogP contribution in [0, 0.1) is 0 Å². The molecule has 0 radical (unpaired) electrons. The molecule has 3 rings (SSSR count). The Bertz CT molecular complexity index is 692. The Morgan fingerprint density at radius 1 is 1.24 bits per heavy atom. The van der Waals surface area contributed by atoms with Crippen molar-refractivity contribution in [3.8, 4) is 0 Å². The van der Waals surface area contributed by atoms with Crippen molar-refractivity contribution in [3.63, 3.8) is 0 Å². The molecule has 0 aliphatic carbocycles. The van der Waals surface area contributed by atoms with E-state index in [1.54, 1.807) is 0 Å². The second-order valence-electron chi connectivity index (χ2n) is 6.84. The highest BCUT2D eigenvalue weighted by Gasteiger charge is 2.21. The molecule has 1 fully saturated rings. The van der Waals surface area contributed by atoms with Gasteiger partial charge in [0.1, 0.15) is 0 Å². The van der Waals surface area contributed by atoms with Gasteiger partial charge in [-0.25, -0.2) is 0 Å². The zero-order valence-electron chi connectivity index (χ0n) is 15.3. The number of halogens is 1. The van der Waals surface area contributed by atoms with E-state index in [9.17, 15) is 0 Å². The van der Waals surface area contributed by atoms with Gasteiger partial charge in [-0.1, -0.05) is 36.7 Å². The fourth-order valence-corrected chi connectivity index (χ4v) is 3.57. The Morgan fingerprint density at radius 3 is 2.64 bits per heavy atom. The minimum atomic E-state index is 0.375. The van der Waals surface area contributed by atoms with Gasteiger partial charge in [0, 0.05) is 56.0 Å². The molecule has 1 aromatic carbocycles. The van der Waals surface area contributed by atoms with E-state index >= 15 is 0 Å². The second kappa shape index (κ2) is 8.11. The average molecular weight is 363 g/mol. The summed E-state index contributed by atoms with van der Waals surface area (Å²) in [6.07, 6.45) is 0.963. The number of rotatable bonds is 6. The number of anilines is 2. The van der Waals surface area contributed by atoms with Crippen LogP contribution in [0.2, 0.25) is 5.02 Å². The topological polar surface area (TPSA) is 44.5 Å². The maximum atomic E-state index is 6.11. The minimum absolute atomic E-state index is 0.375. The maximum Gasteiger partial charge on any atom is 0.227 e. The van der Waals surface area contributed by atoms with Gasteiger partial charge in [-0.05, 0) is 30.5 Å². The van der Waals surface area contributed by atoms with Crippen LogP contribution < -0.4 is 10.2 Å². The van der Waals surface area contributed by atoms with Gasteiger partial charge in [0.15, 0.2) is 0 Å². The van der Waals surface area contributed by atoms with Gasteiger partial charge < -0.3 is 14.7 Å². The summed E-state index contributed by atoms with van der Waals surface area (Å²) in [5.41, 5.74) is 3.50. The van der Waals surface area contributed by atoms with Gasteiger partial charge in [-0.3, -0.25) is 4.90 Å². The van der Waals surface area contributed by atoms with Gasteiger partial charge in [0.2, 0.25) is 5.88 Å². The summed E-state index contributed by atoms with van der Waals surface area (Å²) in [6.45, 7) is 9.52. The van der Waals surface area contributed by atoms with Crippen LogP contribution in [0.5, 0.6) is 0 Å². The highest BCUT2D eigenvalue weighted by Crippen LogP contribution is 2.26. The van der Waals surface area contributed by atoms with Gasteiger partial charge in [-0.15, -0.1) is 0 Å². The summed E-state index contributed by atoms with van der Waals surface area (Å²) < 4.78 is 5.43. The van der Waals surface area contributed by atoms with E-state index in [0.717, 1.165) is 55.7 Å². The molecular weight excluding hydrogens is 336 g/mol. The van der Waals surface area contributed by atoms with Gasteiger partial charge in [0.05, 0.1) is 5.69 Å². The Balaban J connectivity index is 1.56. The molecule has 2 heterocycles. The van der Waals surface area contributed by atoms with Crippen LogP contribution in [-0.2, 0) is 6.42 Å². The third kappa shape index (κ3) is 4.28. The first-order chi connectivity index (χ1) is 12.1. The summed E-state index contributed by atoms with van der Waals surface area (Å²) in [5.74, 6) is 1.18. The zero-order valence-corrected chi connectivity index (χ0v) is 16.0. The van der Waals surface area contributed by atoms with Crippen LogP contribution in [0.3, 0.4) is 0 Å². The lowest BCUT2D eigenvalue weighted by molar-refractivity contribution is 0.261. The number of hydrogen-bond donors (Lipinski definition) is 1. The highest BCUT2D eigenvalue weighted by atomic mass is 35.5. The maximum absolute atomic E-state index is 6.11. The lowest BCUT2D eigenvalue weighted by atomic mass is 10.0. The van der Waals surface area contributed by atoms with E-state index in [1.165, 1.54) is 11.3 Å². The lowest BCUT2D eigenvalue weighted by Gasteiger charge is -2.36. The van der Waals surface area contributed by atoms with Crippen molar-refractivity contribution in [2.75, 3.05) is 50.0 Å². The van der Waals surface area contributed by atoms with Crippen molar-refractivity contribution >= 4 is 23.2 Å². The first kappa shape index (κ1) is 18.1. The van der Waals surface area contributed by atoms with Crippen LogP contribution in [0.25, 0.3) is 0 Å².